The van der Waals surface area contributed by atoms with E-state index in [1.54, 1.807) is 0 Å². The third-order valence-corrected chi connectivity index (χ3v) is 3.04. The average Bonchev–Trinajstić information content (AvgIpc) is 2.67. The third-order valence-electron chi connectivity index (χ3n) is 3.04. The second-order valence-electron chi connectivity index (χ2n) is 4.67. The maximum Gasteiger partial charge on any atom is 0.161 e. The number of hydrogen-bond donors (Lipinski definition) is 1. The zero-order chi connectivity index (χ0) is 13.5. The Morgan fingerprint density at radius 3 is 2.79 bits per heavy atom. The van der Waals surface area contributed by atoms with Crippen molar-refractivity contribution in [3.05, 3.63) is 23.8 Å². The maximum absolute atomic E-state index is 10.1. The molecule has 1 aliphatic rings. The van der Waals surface area contributed by atoms with Crippen molar-refractivity contribution in [2.24, 2.45) is 0 Å². The highest BCUT2D eigenvalue weighted by molar-refractivity contribution is 5.44. The fourth-order valence-electron chi connectivity index (χ4n) is 2.00. The minimum absolute atomic E-state index is 0.519. The van der Waals surface area contributed by atoms with Gasteiger partial charge in [-0.05, 0) is 24.1 Å². The van der Waals surface area contributed by atoms with Crippen molar-refractivity contribution in [2.75, 3.05) is 26.4 Å². The normalized spacial score (nSPS) is 15.9. The van der Waals surface area contributed by atoms with Gasteiger partial charge in [0.25, 0.3) is 0 Å². The zero-order valence-electron chi connectivity index (χ0n) is 11.4. The van der Waals surface area contributed by atoms with Crippen LogP contribution in [-0.4, -0.2) is 31.5 Å². The number of rotatable bonds is 6. The highest BCUT2D eigenvalue weighted by Gasteiger charge is 2.14. The summed E-state index contributed by atoms with van der Waals surface area (Å²) in [5.41, 5.74) is 0.851. The van der Waals surface area contributed by atoms with Crippen LogP contribution in [0, 0.1) is 0 Å². The van der Waals surface area contributed by atoms with Crippen LogP contribution in [0.1, 0.15) is 37.9 Å². The van der Waals surface area contributed by atoms with E-state index >= 15 is 0 Å². The molecule has 1 aromatic carbocycles. The van der Waals surface area contributed by atoms with E-state index in [2.05, 4.69) is 6.92 Å². The van der Waals surface area contributed by atoms with Gasteiger partial charge in [-0.15, -0.1) is 0 Å². The monoisotopic (exact) mass is 266 g/mol. The Morgan fingerprint density at radius 2 is 2.00 bits per heavy atom. The second kappa shape index (κ2) is 7.36. The Bertz CT molecular complexity index is 392. The first kappa shape index (κ1) is 14.2. The SMILES string of the molecule is CCCOCCC(O)c1ccc2c(c1)OCCCO2. The van der Waals surface area contributed by atoms with Crippen LogP contribution in [0.2, 0.25) is 0 Å². The molecule has 0 aromatic heterocycles. The zero-order valence-corrected chi connectivity index (χ0v) is 11.4. The molecule has 0 spiro atoms. The quantitative estimate of drug-likeness (QED) is 0.804. The molecular formula is C15H22O4. The maximum atomic E-state index is 10.1. The summed E-state index contributed by atoms with van der Waals surface area (Å²) in [6, 6.07) is 5.62. The molecule has 1 aliphatic heterocycles. The molecule has 4 heteroatoms. The second-order valence-corrected chi connectivity index (χ2v) is 4.67. The summed E-state index contributed by atoms with van der Waals surface area (Å²) in [6.45, 7) is 4.73. The van der Waals surface area contributed by atoms with Crippen molar-refractivity contribution in [2.45, 2.75) is 32.3 Å². The molecule has 0 saturated heterocycles. The van der Waals surface area contributed by atoms with Crippen molar-refractivity contribution in [1.82, 2.24) is 0 Å². The summed E-state index contributed by atoms with van der Waals surface area (Å²) >= 11 is 0. The third kappa shape index (κ3) is 4.11. The smallest absolute Gasteiger partial charge is 0.161 e. The molecule has 2 rings (SSSR count). The topological polar surface area (TPSA) is 47.9 Å². The van der Waals surface area contributed by atoms with E-state index in [-0.39, 0.29) is 0 Å². The number of ether oxygens (including phenoxy) is 3. The molecule has 1 atom stereocenters. The first-order valence-electron chi connectivity index (χ1n) is 6.96. The summed E-state index contributed by atoms with van der Waals surface area (Å²) in [6.07, 6.45) is 1.96. The minimum atomic E-state index is -0.519. The van der Waals surface area contributed by atoms with Crippen molar-refractivity contribution in [3.8, 4) is 11.5 Å². The van der Waals surface area contributed by atoms with Crippen LogP contribution in [0.25, 0.3) is 0 Å². The van der Waals surface area contributed by atoms with Crippen molar-refractivity contribution in [1.29, 1.82) is 0 Å². The molecule has 1 unspecified atom stereocenters. The molecule has 106 valence electrons. The van der Waals surface area contributed by atoms with E-state index in [0.717, 1.165) is 36.5 Å². The number of benzene rings is 1. The molecular weight excluding hydrogens is 244 g/mol. The van der Waals surface area contributed by atoms with Gasteiger partial charge in [0.05, 0.1) is 19.3 Å². The van der Waals surface area contributed by atoms with Gasteiger partial charge in [-0.1, -0.05) is 13.0 Å². The van der Waals surface area contributed by atoms with Gasteiger partial charge in [0, 0.05) is 26.1 Å². The molecule has 0 bridgehead atoms. The highest BCUT2D eigenvalue weighted by atomic mass is 16.5. The van der Waals surface area contributed by atoms with E-state index in [9.17, 15) is 5.11 Å². The van der Waals surface area contributed by atoms with E-state index in [0.29, 0.717) is 26.2 Å². The minimum Gasteiger partial charge on any atom is -0.490 e. The lowest BCUT2D eigenvalue weighted by Gasteiger charge is -2.14. The molecule has 19 heavy (non-hydrogen) atoms. The van der Waals surface area contributed by atoms with Crippen LogP contribution >= 0.6 is 0 Å². The van der Waals surface area contributed by atoms with Gasteiger partial charge >= 0.3 is 0 Å². The molecule has 1 heterocycles. The molecule has 0 fully saturated rings. The highest BCUT2D eigenvalue weighted by Crippen LogP contribution is 2.32. The predicted octanol–water partition coefficient (Wildman–Crippen LogP) is 2.70. The number of aliphatic hydroxyl groups is 1. The van der Waals surface area contributed by atoms with Crippen LogP contribution in [0.15, 0.2) is 18.2 Å². The first-order valence-corrected chi connectivity index (χ1v) is 6.96. The van der Waals surface area contributed by atoms with Gasteiger partial charge in [-0.25, -0.2) is 0 Å². The van der Waals surface area contributed by atoms with E-state index in [1.165, 1.54) is 0 Å². The lowest BCUT2D eigenvalue weighted by molar-refractivity contribution is 0.0820. The molecule has 4 nitrogen and oxygen atoms in total. The Balaban J connectivity index is 1.94. The largest absolute Gasteiger partial charge is 0.490 e. The first-order chi connectivity index (χ1) is 9.31. The molecule has 0 radical (unpaired) electrons. The Morgan fingerprint density at radius 1 is 1.21 bits per heavy atom. The summed E-state index contributed by atoms with van der Waals surface area (Å²) in [7, 11) is 0. The van der Waals surface area contributed by atoms with Crippen molar-refractivity contribution >= 4 is 0 Å². The van der Waals surface area contributed by atoms with Crippen LogP contribution in [0.3, 0.4) is 0 Å². The van der Waals surface area contributed by atoms with Gasteiger partial charge in [0.2, 0.25) is 0 Å². The number of fused-ring (bicyclic) bond motifs is 1. The standard InChI is InChI=1S/C15H22O4/c1-2-7-17-10-6-13(16)12-4-5-14-15(11-12)19-9-3-8-18-14/h4-5,11,13,16H,2-3,6-10H2,1H3. The van der Waals surface area contributed by atoms with E-state index < -0.39 is 6.10 Å². The van der Waals surface area contributed by atoms with Gasteiger partial charge in [0.15, 0.2) is 11.5 Å². The van der Waals surface area contributed by atoms with Crippen LogP contribution in [0.5, 0.6) is 11.5 Å². The predicted molar refractivity (Wildman–Crippen MR) is 72.7 cm³/mol. The fourth-order valence-corrected chi connectivity index (χ4v) is 2.00. The van der Waals surface area contributed by atoms with E-state index in [1.807, 2.05) is 18.2 Å². The molecule has 1 N–H and O–H groups in total. The molecule has 0 aliphatic carbocycles. The van der Waals surface area contributed by atoms with Gasteiger partial charge < -0.3 is 19.3 Å². The van der Waals surface area contributed by atoms with Gasteiger partial charge in [0.1, 0.15) is 0 Å². The lowest BCUT2D eigenvalue weighted by atomic mass is 10.1. The molecule has 0 saturated carbocycles. The van der Waals surface area contributed by atoms with Crippen molar-refractivity contribution < 1.29 is 19.3 Å². The van der Waals surface area contributed by atoms with Gasteiger partial charge in [-0.3, -0.25) is 0 Å². The number of aliphatic hydroxyl groups excluding tert-OH is 1. The molecule has 1 aromatic rings. The summed E-state index contributed by atoms with van der Waals surface area (Å²) in [5.74, 6) is 1.49. The fraction of sp³-hybridized carbons (Fsp3) is 0.600. The van der Waals surface area contributed by atoms with Crippen LogP contribution < -0.4 is 9.47 Å². The Kier molecular flexibility index (Phi) is 5.48. The average molecular weight is 266 g/mol. The Hall–Kier alpha value is -1.26. The lowest BCUT2D eigenvalue weighted by Crippen LogP contribution is -2.04. The Labute approximate surface area is 114 Å². The molecule has 0 amide bonds. The van der Waals surface area contributed by atoms with Crippen LogP contribution in [-0.2, 0) is 4.74 Å². The van der Waals surface area contributed by atoms with Gasteiger partial charge in [-0.2, -0.15) is 0 Å². The van der Waals surface area contributed by atoms with E-state index in [4.69, 9.17) is 14.2 Å². The number of hydrogen-bond acceptors (Lipinski definition) is 4. The van der Waals surface area contributed by atoms with Crippen LogP contribution in [0.4, 0.5) is 0 Å². The summed E-state index contributed by atoms with van der Waals surface area (Å²) in [5, 5.41) is 10.1. The summed E-state index contributed by atoms with van der Waals surface area (Å²) < 4.78 is 16.6. The van der Waals surface area contributed by atoms with Crippen molar-refractivity contribution in [3.63, 3.8) is 0 Å². The summed E-state index contributed by atoms with van der Waals surface area (Å²) in [4.78, 5) is 0.